The van der Waals surface area contributed by atoms with Crippen molar-refractivity contribution in [2.75, 3.05) is 11.1 Å². The zero-order valence-corrected chi connectivity index (χ0v) is 17.4. The fraction of sp³-hybridized carbons (Fsp3) is 0.136. The van der Waals surface area contributed by atoms with Crippen LogP contribution in [0.25, 0.3) is 0 Å². The molecule has 1 atom stereocenters. The molecule has 0 unspecified atom stereocenters. The smallest absolute Gasteiger partial charge is 0.263 e. The summed E-state index contributed by atoms with van der Waals surface area (Å²) >= 11 is 1.20. The number of aromatic amines is 1. The minimum Gasteiger partial charge on any atom is -0.308 e. The predicted octanol–water partition coefficient (Wildman–Crippen LogP) is 3.42. The molecular weight excluding hydrogens is 412 g/mol. The third kappa shape index (κ3) is 3.64. The quantitative estimate of drug-likeness (QED) is 0.662. The van der Waals surface area contributed by atoms with E-state index in [0.29, 0.717) is 16.8 Å². The maximum Gasteiger partial charge on any atom is 0.263 e. The van der Waals surface area contributed by atoms with Gasteiger partial charge in [0.1, 0.15) is 5.84 Å². The van der Waals surface area contributed by atoms with E-state index in [2.05, 4.69) is 20.5 Å². The molecule has 31 heavy (non-hydrogen) atoms. The second-order valence-electron chi connectivity index (χ2n) is 7.12. The Kier molecular flexibility index (Phi) is 4.87. The number of carbonyl (C=O) groups is 2. The number of nitrogens with zero attached hydrogens (tertiary/aromatic N) is 4. The first-order chi connectivity index (χ1) is 15.1. The van der Waals surface area contributed by atoms with Gasteiger partial charge in [0.25, 0.3) is 5.91 Å². The van der Waals surface area contributed by atoms with E-state index in [0.717, 1.165) is 22.5 Å². The van der Waals surface area contributed by atoms with Gasteiger partial charge >= 0.3 is 0 Å². The summed E-state index contributed by atoms with van der Waals surface area (Å²) in [5.74, 6) is 0.700. The molecule has 0 saturated carbocycles. The summed E-state index contributed by atoms with van der Waals surface area (Å²) in [5, 5.41) is 9.97. The van der Waals surface area contributed by atoms with Crippen LogP contribution in [0.1, 0.15) is 22.9 Å². The normalized spacial score (nSPS) is 17.0. The second-order valence-corrected chi connectivity index (χ2v) is 8.07. The number of para-hydroxylation sites is 1. The molecule has 9 heteroatoms. The zero-order valence-electron chi connectivity index (χ0n) is 16.6. The summed E-state index contributed by atoms with van der Waals surface area (Å²) < 4.78 is 0. The van der Waals surface area contributed by atoms with Crippen molar-refractivity contribution in [1.82, 2.24) is 15.1 Å². The Morgan fingerprint density at radius 1 is 1.16 bits per heavy atom. The van der Waals surface area contributed by atoms with Crippen LogP contribution in [0.15, 0.2) is 70.6 Å². The molecule has 2 aliphatic heterocycles. The van der Waals surface area contributed by atoms with Gasteiger partial charge in [-0.2, -0.15) is 5.10 Å². The lowest BCUT2D eigenvalue weighted by Gasteiger charge is -2.25. The highest BCUT2D eigenvalue weighted by Gasteiger charge is 2.42. The molecule has 8 nitrogen and oxygen atoms in total. The van der Waals surface area contributed by atoms with Crippen molar-refractivity contribution in [2.24, 2.45) is 9.98 Å². The maximum absolute atomic E-state index is 13.3. The van der Waals surface area contributed by atoms with Crippen molar-refractivity contribution < 1.29 is 9.59 Å². The number of nitrogens with one attached hydrogen (secondary N) is 2. The van der Waals surface area contributed by atoms with E-state index in [1.165, 1.54) is 16.7 Å². The number of carbonyl (C=O) groups excluding carboxylic acids is 2. The van der Waals surface area contributed by atoms with Crippen molar-refractivity contribution >= 4 is 46.1 Å². The first-order valence-corrected chi connectivity index (χ1v) is 10.7. The average molecular weight is 430 g/mol. The lowest BCUT2D eigenvalue weighted by atomic mass is 10.1. The standard InChI is InChI=1S/C22H18N6O2S/c1-13-11-17(27-26-13)24-18(29)12-31-22-23-16-10-6-5-9-15(16)20-25-19(21(30)28(20)22)14-7-3-2-4-8-14/h2-11,19H,12H2,1H3,(H2,24,26,27,29)/t19-/m0/s1. The van der Waals surface area contributed by atoms with E-state index in [4.69, 9.17) is 4.99 Å². The highest BCUT2D eigenvalue weighted by Crippen LogP contribution is 2.37. The van der Waals surface area contributed by atoms with Crippen molar-refractivity contribution in [3.63, 3.8) is 0 Å². The number of aliphatic imine (C=N–C) groups is 2. The lowest BCUT2D eigenvalue weighted by molar-refractivity contribution is -0.124. The summed E-state index contributed by atoms with van der Waals surface area (Å²) in [6, 6.07) is 18.1. The minimum absolute atomic E-state index is 0.0833. The molecular formula is C22H18N6O2S. The molecule has 154 valence electrons. The number of H-pyrrole nitrogens is 1. The first-order valence-electron chi connectivity index (χ1n) is 9.69. The fourth-order valence-corrected chi connectivity index (χ4v) is 4.29. The van der Waals surface area contributed by atoms with E-state index >= 15 is 0 Å². The maximum atomic E-state index is 13.3. The Bertz CT molecular complexity index is 1230. The molecule has 0 bridgehead atoms. The van der Waals surface area contributed by atoms with Gasteiger partial charge in [0.05, 0.1) is 11.4 Å². The van der Waals surface area contributed by atoms with E-state index in [1.807, 2.05) is 61.5 Å². The Balaban J connectivity index is 1.42. The number of aromatic nitrogens is 2. The van der Waals surface area contributed by atoms with Gasteiger partial charge in [-0.15, -0.1) is 0 Å². The largest absolute Gasteiger partial charge is 0.308 e. The Morgan fingerprint density at radius 3 is 2.71 bits per heavy atom. The molecule has 2 N–H and O–H groups in total. The number of hydrogen-bond acceptors (Lipinski definition) is 6. The van der Waals surface area contributed by atoms with E-state index in [-0.39, 0.29) is 17.6 Å². The summed E-state index contributed by atoms with van der Waals surface area (Å²) in [6.45, 7) is 1.86. The number of fused-ring (bicyclic) bond motifs is 3. The summed E-state index contributed by atoms with van der Waals surface area (Å²) in [4.78, 5) is 36.6. The van der Waals surface area contributed by atoms with E-state index in [1.54, 1.807) is 6.07 Å². The van der Waals surface area contributed by atoms with Gasteiger partial charge in [-0.3, -0.25) is 14.7 Å². The van der Waals surface area contributed by atoms with Gasteiger partial charge in [-0.05, 0) is 24.6 Å². The molecule has 1 aromatic heterocycles. The van der Waals surface area contributed by atoms with E-state index < -0.39 is 6.04 Å². The number of benzene rings is 2. The number of thioether (sulfide) groups is 1. The molecule has 2 aromatic carbocycles. The van der Waals surface area contributed by atoms with Crippen LogP contribution in [0, 0.1) is 6.92 Å². The molecule has 0 saturated heterocycles. The Hall–Kier alpha value is -3.72. The monoisotopic (exact) mass is 430 g/mol. The van der Waals surface area contributed by atoms with Gasteiger partial charge in [-0.1, -0.05) is 54.2 Å². The van der Waals surface area contributed by atoms with Crippen LogP contribution in [-0.4, -0.2) is 43.7 Å². The average Bonchev–Trinajstić information content (AvgIpc) is 3.35. The van der Waals surface area contributed by atoms with Crippen LogP contribution in [0.5, 0.6) is 0 Å². The van der Waals surface area contributed by atoms with Gasteiger partial charge in [0.2, 0.25) is 5.91 Å². The Morgan fingerprint density at radius 2 is 1.94 bits per heavy atom. The van der Waals surface area contributed by atoms with Gasteiger partial charge in [-0.25, -0.2) is 14.9 Å². The number of hydrogen-bond donors (Lipinski definition) is 2. The van der Waals surface area contributed by atoms with Gasteiger partial charge < -0.3 is 5.32 Å². The molecule has 0 fully saturated rings. The lowest BCUT2D eigenvalue weighted by Crippen LogP contribution is -2.40. The first kappa shape index (κ1) is 19.3. The summed E-state index contributed by atoms with van der Waals surface area (Å²) in [5.41, 5.74) is 3.20. The highest BCUT2D eigenvalue weighted by molar-refractivity contribution is 8.14. The van der Waals surface area contributed by atoms with Crippen LogP contribution in [0.3, 0.4) is 0 Å². The SMILES string of the molecule is Cc1cc(NC(=O)CSC2=Nc3ccccc3C3=N[C@@H](c4ccccc4)C(=O)N23)n[nH]1. The number of amidine groups is 2. The van der Waals surface area contributed by atoms with Crippen molar-refractivity contribution in [3.05, 3.63) is 77.5 Å². The summed E-state index contributed by atoms with van der Waals surface area (Å²) in [7, 11) is 0. The number of rotatable bonds is 4. The second kappa shape index (κ2) is 7.84. The van der Waals surface area contributed by atoms with Crippen LogP contribution < -0.4 is 5.32 Å². The van der Waals surface area contributed by atoms with Crippen molar-refractivity contribution in [3.8, 4) is 0 Å². The molecule has 3 heterocycles. The van der Waals surface area contributed by atoms with E-state index in [9.17, 15) is 9.59 Å². The molecule has 0 spiro atoms. The number of amides is 2. The third-order valence-corrected chi connectivity index (χ3v) is 5.83. The number of aryl methyl sites for hydroxylation is 1. The molecule has 0 radical (unpaired) electrons. The van der Waals surface area contributed by atoms with Gasteiger partial charge in [0.15, 0.2) is 17.0 Å². The molecule has 3 aromatic rings. The van der Waals surface area contributed by atoms with Crippen molar-refractivity contribution in [1.29, 1.82) is 0 Å². The third-order valence-electron chi connectivity index (χ3n) is 4.89. The molecule has 0 aliphatic carbocycles. The van der Waals surface area contributed by atoms with Crippen LogP contribution in [-0.2, 0) is 9.59 Å². The van der Waals surface area contributed by atoms with Crippen LogP contribution in [0.4, 0.5) is 11.5 Å². The molecule has 2 aliphatic rings. The zero-order chi connectivity index (χ0) is 21.4. The highest BCUT2D eigenvalue weighted by atomic mass is 32.2. The molecule has 2 amide bonds. The van der Waals surface area contributed by atoms with Crippen LogP contribution in [0.2, 0.25) is 0 Å². The predicted molar refractivity (Wildman–Crippen MR) is 121 cm³/mol. The Labute approximate surface area is 182 Å². The molecule has 5 rings (SSSR count). The fourth-order valence-electron chi connectivity index (χ4n) is 3.49. The van der Waals surface area contributed by atoms with Gasteiger partial charge in [0, 0.05) is 17.3 Å². The summed E-state index contributed by atoms with van der Waals surface area (Å²) in [6.07, 6.45) is 0. The number of anilines is 1. The minimum atomic E-state index is -0.631. The van der Waals surface area contributed by atoms with Crippen LogP contribution >= 0.6 is 11.8 Å². The topological polar surface area (TPSA) is 103 Å². The van der Waals surface area contributed by atoms with Crippen molar-refractivity contribution in [2.45, 2.75) is 13.0 Å².